The first kappa shape index (κ1) is 11.8. The topological polar surface area (TPSA) is 47.3 Å². The van der Waals surface area contributed by atoms with Crippen LogP contribution in [-0.2, 0) is 0 Å². The van der Waals surface area contributed by atoms with Crippen LogP contribution < -0.4 is 0 Å². The molecule has 0 saturated carbocycles. The van der Waals surface area contributed by atoms with Crippen LogP contribution in [0.1, 0.15) is 19.3 Å². The minimum absolute atomic E-state index is 0.297. The average Bonchev–Trinajstić information content (AvgIpc) is 2.65. The van der Waals surface area contributed by atoms with Crippen LogP contribution in [0.5, 0.6) is 0 Å². The Morgan fingerprint density at radius 2 is 2.43 bits per heavy atom. The van der Waals surface area contributed by atoms with Crippen LogP contribution in [0.15, 0.2) is 0 Å². The molecule has 0 aromatic rings. The zero-order valence-electron chi connectivity index (χ0n) is 8.48. The Morgan fingerprint density at radius 3 is 3.14 bits per heavy atom. The van der Waals surface area contributed by atoms with Gasteiger partial charge >= 0.3 is 0 Å². The minimum Gasteiger partial charge on any atom is -0.395 e. The van der Waals surface area contributed by atoms with Crippen LogP contribution in [0.2, 0.25) is 0 Å². The Morgan fingerprint density at radius 1 is 1.57 bits per heavy atom. The zero-order chi connectivity index (χ0) is 10.2. The summed E-state index contributed by atoms with van der Waals surface area (Å²) in [5.41, 5.74) is 0. The van der Waals surface area contributed by atoms with Crippen molar-refractivity contribution in [1.82, 2.24) is 4.90 Å². The number of nitriles is 1. The van der Waals surface area contributed by atoms with Crippen LogP contribution in [0, 0.1) is 11.3 Å². The molecule has 0 amide bonds. The van der Waals surface area contributed by atoms with Gasteiger partial charge < -0.3 is 5.11 Å². The summed E-state index contributed by atoms with van der Waals surface area (Å²) in [7, 11) is 0. The standard InChI is InChI=1S/C10H18N2OS/c11-4-8-14-7-2-6-12-5-1-3-10(12)9-13/h10,13H,1-3,5-9H2/t10-/m1/s1. The highest BCUT2D eigenvalue weighted by molar-refractivity contribution is 7.99. The molecule has 0 aromatic heterocycles. The number of rotatable bonds is 6. The Bertz CT molecular complexity index is 193. The first-order valence-electron chi connectivity index (χ1n) is 5.18. The van der Waals surface area contributed by atoms with E-state index in [0.29, 0.717) is 18.4 Å². The average molecular weight is 214 g/mol. The van der Waals surface area contributed by atoms with Crippen molar-refractivity contribution in [3.8, 4) is 6.07 Å². The molecule has 0 aliphatic carbocycles. The summed E-state index contributed by atoms with van der Waals surface area (Å²) in [4.78, 5) is 2.37. The normalized spacial score (nSPS) is 22.4. The van der Waals surface area contributed by atoms with Gasteiger partial charge in [-0.3, -0.25) is 4.90 Å². The molecule has 80 valence electrons. The molecule has 1 fully saturated rings. The lowest BCUT2D eigenvalue weighted by molar-refractivity contribution is 0.159. The van der Waals surface area contributed by atoms with E-state index in [-0.39, 0.29) is 0 Å². The fourth-order valence-electron chi connectivity index (χ4n) is 1.88. The fraction of sp³-hybridized carbons (Fsp3) is 0.900. The van der Waals surface area contributed by atoms with Crippen molar-refractivity contribution in [2.45, 2.75) is 25.3 Å². The Labute approximate surface area is 90.1 Å². The molecule has 14 heavy (non-hydrogen) atoms. The third-order valence-electron chi connectivity index (χ3n) is 2.61. The zero-order valence-corrected chi connectivity index (χ0v) is 9.30. The third kappa shape index (κ3) is 3.87. The van der Waals surface area contributed by atoms with E-state index in [9.17, 15) is 0 Å². The molecule has 1 rings (SSSR count). The van der Waals surface area contributed by atoms with Crippen LogP contribution in [0.4, 0.5) is 0 Å². The van der Waals surface area contributed by atoms with Crippen molar-refractivity contribution in [3.63, 3.8) is 0 Å². The molecule has 0 radical (unpaired) electrons. The highest BCUT2D eigenvalue weighted by Gasteiger charge is 2.22. The molecule has 1 N–H and O–H groups in total. The van der Waals surface area contributed by atoms with Gasteiger partial charge in [-0.2, -0.15) is 5.26 Å². The third-order valence-corrected chi connectivity index (χ3v) is 3.52. The summed E-state index contributed by atoms with van der Waals surface area (Å²) in [5.74, 6) is 1.66. The highest BCUT2D eigenvalue weighted by Crippen LogP contribution is 2.17. The molecule has 0 aromatic carbocycles. The molecule has 0 spiro atoms. The minimum atomic E-state index is 0.297. The predicted octanol–water partition coefficient (Wildman–Crippen LogP) is 1.09. The van der Waals surface area contributed by atoms with Crippen LogP contribution in [0.3, 0.4) is 0 Å². The summed E-state index contributed by atoms with van der Waals surface area (Å²) in [5, 5.41) is 17.4. The molecule has 1 aliphatic heterocycles. The monoisotopic (exact) mass is 214 g/mol. The Kier molecular flexibility index (Phi) is 6.00. The lowest BCUT2D eigenvalue weighted by atomic mass is 10.2. The number of nitrogens with zero attached hydrogens (tertiary/aromatic N) is 2. The van der Waals surface area contributed by atoms with Gasteiger partial charge in [-0.15, -0.1) is 11.8 Å². The van der Waals surface area contributed by atoms with Gasteiger partial charge in [0, 0.05) is 6.04 Å². The summed E-state index contributed by atoms with van der Waals surface area (Å²) in [6, 6.07) is 2.52. The number of thioether (sulfide) groups is 1. The van der Waals surface area contributed by atoms with Crippen molar-refractivity contribution in [1.29, 1.82) is 5.26 Å². The maximum absolute atomic E-state index is 9.09. The van der Waals surface area contributed by atoms with Gasteiger partial charge in [0.15, 0.2) is 0 Å². The van der Waals surface area contributed by atoms with E-state index in [0.717, 1.165) is 31.7 Å². The molecule has 1 atom stereocenters. The summed E-state index contributed by atoms with van der Waals surface area (Å²) in [6.45, 7) is 2.50. The Balaban J connectivity index is 2.03. The van der Waals surface area contributed by atoms with Gasteiger partial charge in [-0.25, -0.2) is 0 Å². The van der Waals surface area contributed by atoms with E-state index >= 15 is 0 Å². The molecule has 1 aliphatic rings. The smallest absolute Gasteiger partial charge is 0.0808 e. The van der Waals surface area contributed by atoms with Gasteiger partial charge in [0.05, 0.1) is 18.4 Å². The van der Waals surface area contributed by atoms with Gasteiger partial charge in [-0.05, 0) is 38.1 Å². The SMILES string of the molecule is N#CCSCCCN1CCC[C@@H]1CO. The second kappa shape index (κ2) is 7.10. The first-order valence-corrected chi connectivity index (χ1v) is 6.33. The second-order valence-corrected chi connectivity index (χ2v) is 4.68. The van der Waals surface area contributed by atoms with E-state index in [1.807, 2.05) is 0 Å². The van der Waals surface area contributed by atoms with Gasteiger partial charge in [0.1, 0.15) is 0 Å². The Hall–Kier alpha value is -0.240. The maximum atomic E-state index is 9.09. The highest BCUT2D eigenvalue weighted by atomic mass is 32.2. The predicted molar refractivity (Wildman–Crippen MR) is 59.2 cm³/mol. The maximum Gasteiger partial charge on any atom is 0.0808 e. The van der Waals surface area contributed by atoms with Crippen molar-refractivity contribution in [2.75, 3.05) is 31.2 Å². The van der Waals surface area contributed by atoms with Crippen LogP contribution >= 0.6 is 11.8 Å². The van der Waals surface area contributed by atoms with Crippen molar-refractivity contribution >= 4 is 11.8 Å². The molecule has 0 unspecified atom stereocenters. The summed E-state index contributed by atoms with van der Waals surface area (Å²) >= 11 is 1.70. The van der Waals surface area contributed by atoms with Crippen molar-refractivity contribution < 1.29 is 5.11 Å². The molecule has 1 heterocycles. The molecule has 1 saturated heterocycles. The van der Waals surface area contributed by atoms with E-state index in [4.69, 9.17) is 10.4 Å². The molecule has 0 bridgehead atoms. The molecular weight excluding hydrogens is 196 g/mol. The molecule has 3 nitrogen and oxygen atoms in total. The van der Waals surface area contributed by atoms with Gasteiger partial charge in [0.2, 0.25) is 0 Å². The van der Waals surface area contributed by atoms with Crippen LogP contribution in [0.25, 0.3) is 0 Å². The second-order valence-electron chi connectivity index (χ2n) is 3.58. The number of likely N-dealkylation sites (tertiary alicyclic amines) is 1. The van der Waals surface area contributed by atoms with Gasteiger partial charge in [0.25, 0.3) is 0 Å². The van der Waals surface area contributed by atoms with E-state index in [1.165, 1.54) is 6.42 Å². The van der Waals surface area contributed by atoms with Crippen molar-refractivity contribution in [3.05, 3.63) is 0 Å². The number of hydrogen-bond donors (Lipinski definition) is 1. The lowest BCUT2D eigenvalue weighted by Gasteiger charge is -2.22. The largest absolute Gasteiger partial charge is 0.395 e. The summed E-state index contributed by atoms with van der Waals surface area (Å²) in [6.07, 6.45) is 3.49. The van der Waals surface area contributed by atoms with Crippen LogP contribution in [-0.4, -0.2) is 47.3 Å². The molecule has 4 heteroatoms. The number of aliphatic hydroxyl groups is 1. The van der Waals surface area contributed by atoms with Gasteiger partial charge in [-0.1, -0.05) is 0 Å². The number of hydrogen-bond acceptors (Lipinski definition) is 4. The molecular formula is C10H18N2OS. The van der Waals surface area contributed by atoms with E-state index in [2.05, 4.69) is 11.0 Å². The fourth-order valence-corrected chi connectivity index (χ4v) is 2.45. The summed E-state index contributed by atoms with van der Waals surface area (Å²) < 4.78 is 0. The quantitative estimate of drug-likeness (QED) is 0.672. The van der Waals surface area contributed by atoms with E-state index < -0.39 is 0 Å². The lowest BCUT2D eigenvalue weighted by Crippen LogP contribution is -2.33. The van der Waals surface area contributed by atoms with E-state index in [1.54, 1.807) is 11.8 Å². The van der Waals surface area contributed by atoms with Crippen molar-refractivity contribution in [2.24, 2.45) is 0 Å². The first-order chi connectivity index (χ1) is 6.88. The number of aliphatic hydroxyl groups excluding tert-OH is 1.